The summed E-state index contributed by atoms with van der Waals surface area (Å²) >= 11 is 2.24. The van der Waals surface area contributed by atoms with E-state index < -0.39 is 0 Å². The van der Waals surface area contributed by atoms with Gasteiger partial charge in [0.2, 0.25) is 0 Å². The first kappa shape index (κ1) is 15.3. The number of carbonyl (C=O) groups is 1. The van der Waals surface area contributed by atoms with Crippen molar-refractivity contribution in [1.82, 2.24) is 5.32 Å². The average molecular weight is 406 g/mol. The number of fused-ring (bicyclic) bond motifs is 1. The summed E-state index contributed by atoms with van der Waals surface area (Å²) in [5.74, 6) is 0.0122. The molecule has 0 aliphatic carbocycles. The maximum absolute atomic E-state index is 12.0. The van der Waals surface area contributed by atoms with Gasteiger partial charge in [-0.3, -0.25) is 4.79 Å². The van der Waals surface area contributed by atoms with Gasteiger partial charge in [-0.05, 0) is 71.3 Å². The van der Waals surface area contributed by atoms with Gasteiger partial charge in [0, 0.05) is 34.5 Å². The van der Waals surface area contributed by atoms with Gasteiger partial charge in [-0.15, -0.1) is 0 Å². The number of amides is 1. The van der Waals surface area contributed by atoms with Crippen LogP contribution in [-0.4, -0.2) is 25.5 Å². The molecule has 3 rings (SSSR count). The van der Waals surface area contributed by atoms with Crippen LogP contribution in [0.25, 0.3) is 0 Å². The number of rotatable bonds is 5. The highest BCUT2D eigenvalue weighted by molar-refractivity contribution is 14.1. The molecule has 1 heterocycles. The maximum Gasteiger partial charge on any atom is 0.251 e. The lowest BCUT2D eigenvalue weighted by Gasteiger charge is -2.19. The first-order valence-corrected chi connectivity index (χ1v) is 8.68. The van der Waals surface area contributed by atoms with E-state index in [1.165, 1.54) is 11.3 Å². The maximum atomic E-state index is 12.0. The molecule has 1 amide bonds. The third kappa shape index (κ3) is 3.61. The zero-order valence-electron chi connectivity index (χ0n) is 12.4. The fourth-order valence-electron chi connectivity index (χ4n) is 2.81. The van der Waals surface area contributed by atoms with Crippen LogP contribution in [0.5, 0.6) is 0 Å². The minimum atomic E-state index is 0.0122. The van der Waals surface area contributed by atoms with E-state index in [1.54, 1.807) is 0 Å². The molecule has 0 atom stereocenters. The molecule has 114 valence electrons. The summed E-state index contributed by atoms with van der Waals surface area (Å²) in [6, 6.07) is 16.2. The lowest BCUT2D eigenvalue weighted by molar-refractivity contribution is 0.0953. The molecule has 0 aromatic heterocycles. The van der Waals surface area contributed by atoms with Crippen molar-refractivity contribution in [2.75, 3.05) is 24.5 Å². The summed E-state index contributed by atoms with van der Waals surface area (Å²) in [4.78, 5) is 14.4. The van der Waals surface area contributed by atoms with E-state index >= 15 is 0 Å². The van der Waals surface area contributed by atoms with E-state index in [-0.39, 0.29) is 5.91 Å². The zero-order valence-corrected chi connectivity index (χ0v) is 14.5. The molecule has 1 aliphatic heterocycles. The molecule has 1 aliphatic rings. The molecule has 22 heavy (non-hydrogen) atoms. The molecule has 0 radical (unpaired) electrons. The molecular weight excluding hydrogens is 387 g/mol. The van der Waals surface area contributed by atoms with Crippen molar-refractivity contribution in [2.24, 2.45) is 0 Å². The molecule has 0 fully saturated rings. The standard InChI is InChI=1S/C18H19IN2O/c19-16-8-6-15(7-9-16)18(22)20-11-3-12-21-13-10-14-4-1-2-5-17(14)21/h1-2,4-9H,3,10-13H2,(H,20,22). The second-order valence-corrected chi connectivity index (χ2v) is 6.73. The smallest absolute Gasteiger partial charge is 0.251 e. The van der Waals surface area contributed by atoms with Crippen LogP contribution in [0.3, 0.4) is 0 Å². The predicted octanol–water partition coefficient (Wildman–Crippen LogP) is 3.47. The summed E-state index contributed by atoms with van der Waals surface area (Å²) in [6.07, 6.45) is 2.09. The number of hydrogen-bond donors (Lipinski definition) is 1. The number of anilines is 1. The van der Waals surface area contributed by atoms with Crippen LogP contribution in [0, 0.1) is 3.57 Å². The molecule has 2 aromatic rings. The second-order valence-electron chi connectivity index (χ2n) is 5.48. The van der Waals surface area contributed by atoms with E-state index in [9.17, 15) is 4.79 Å². The monoisotopic (exact) mass is 406 g/mol. The number of nitrogens with one attached hydrogen (secondary N) is 1. The Balaban J connectivity index is 1.45. The van der Waals surface area contributed by atoms with E-state index in [0.29, 0.717) is 6.54 Å². The SMILES string of the molecule is O=C(NCCCN1CCc2ccccc21)c1ccc(I)cc1. The van der Waals surface area contributed by atoms with Crippen molar-refractivity contribution in [2.45, 2.75) is 12.8 Å². The fraction of sp³-hybridized carbons (Fsp3) is 0.278. The zero-order chi connectivity index (χ0) is 15.4. The topological polar surface area (TPSA) is 32.3 Å². The molecule has 1 N–H and O–H groups in total. The Hall–Kier alpha value is -1.56. The Kier molecular flexibility index (Phi) is 4.97. The van der Waals surface area contributed by atoms with Gasteiger partial charge in [0.25, 0.3) is 5.91 Å². The molecule has 2 aromatic carbocycles. The average Bonchev–Trinajstić information content (AvgIpc) is 2.95. The third-order valence-corrected chi connectivity index (χ3v) is 4.70. The van der Waals surface area contributed by atoms with Gasteiger partial charge in [0.1, 0.15) is 0 Å². The summed E-state index contributed by atoms with van der Waals surface area (Å²) in [6.45, 7) is 2.79. The lowest BCUT2D eigenvalue weighted by atomic mass is 10.2. The van der Waals surface area contributed by atoms with Crippen LogP contribution in [0.4, 0.5) is 5.69 Å². The Morgan fingerprint density at radius 1 is 1.14 bits per heavy atom. The van der Waals surface area contributed by atoms with E-state index in [2.05, 4.69) is 57.1 Å². The molecule has 0 saturated carbocycles. The number of para-hydroxylation sites is 1. The first-order chi connectivity index (χ1) is 10.7. The summed E-state index contributed by atoms with van der Waals surface area (Å²) in [5, 5.41) is 3.00. The summed E-state index contributed by atoms with van der Waals surface area (Å²) in [5.41, 5.74) is 3.52. The lowest BCUT2D eigenvalue weighted by Crippen LogP contribution is -2.29. The van der Waals surface area contributed by atoms with Crippen LogP contribution in [0.2, 0.25) is 0 Å². The molecule has 0 bridgehead atoms. The van der Waals surface area contributed by atoms with Crippen molar-refractivity contribution in [3.05, 3.63) is 63.2 Å². The van der Waals surface area contributed by atoms with Crippen LogP contribution in [-0.2, 0) is 6.42 Å². The fourth-order valence-corrected chi connectivity index (χ4v) is 3.17. The molecule has 0 saturated heterocycles. The number of benzene rings is 2. The molecule has 0 unspecified atom stereocenters. The highest BCUT2D eigenvalue weighted by atomic mass is 127. The van der Waals surface area contributed by atoms with Gasteiger partial charge < -0.3 is 10.2 Å². The Morgan fingerprint density at radius 3 is 2.73 bits per heavy atom. The summed E-state index contributed by atoms with van der Waals surface area (Å²) in [7, 11) is 0. The van der Waals surface area contributed by atoms with Gasteiger partial charge in [-0.2, -0.15) is 0 Å². The van der Waals surface area contributed by atoms with Gasteiger partial charge in [-0.1, -0.05) is 18.2 Å². The quantitative estimate of drug-likeness (QED) is 0.609. The summed E-state index contributed by atoms with van der Waals surface area (Å²) < 4.78 is 1.14. The van der Waals surface area contributed by atoms with Crippen molar-refractivity contribution in [1.29, 1.82) is 0 Å². The Bertz CT molecular complexity index is 654. The number of hydrogen-bond acceptors (Lipinski definition) is 2. The first-order valence-electron chi connectivity index (χ1n) is 7.60. The second kappa shape index (κ2) is 7.13. The van der Waals surface area contributed by atoms with Crippen LogP contribution < -0.4 is 10.2 Å². The number of halogens is 1. The number of nitrogens with zero attached hydrogens (tertiary/aromatic N) is 1. The molecule has 0 spiro atoms. The van der Waals surface area contributed by atoms with Crippen molar-refractivity contribution in [3.63, 3.8) is 0 Å². The van der Waals surface area contributed by atoms with Gasteiger partial charge >= 0.3 is 0 Å². The molecule has 3 nitrogen and oxygen atoms in total. The predicted molar refractivity (Wildman–Crippen MR) is 98.5 cm³/mol. The minimum Gasteiger partial charge on any atom is -0.371 e. The van der Waals surface area contributed by atoms with E-state index in [4.69, 9.17) is 0 Å². The highest BCUT2D eigenvalue weighted by Crippen LogP contribution is 2.27. The largest absolute Gasteiger partial charge is 0.371 e. The minimum absolute atomic E-state index is 0.0122. The highest BCUT2D eigenvalue weighted by Gasteiger charge is 2.17. The number of carbonyl (C=O) groups excluding carboxylic acids is 1. The Morgan fingerprint density at radius 2 is 1.91 bits per heavy atom. The molecular formula is C18H19IN2O. The Labute approximate surface area is 144 Å². The van der Waals surface area contributed by atoms with E-state index in [0.717, 1.165) is 35.1 Å². The molecule has 4 heteroatoms. The third-order valence-electron chi connectivity index (χ3n) is 3.98. The van der Waals surface area contributed by atoms with Crippen LogP contribution in [0.15, 0.2) is 48.5 Å². The van der Waals surface area contributed by atoms with Gasteiger partial charge in [0.05, 0.1) is 0 Å². The van der Waals surface area contributed by atoms with Crippen molar-refractivity contribution >= 4 is 34.2 Å². The van der Waals surface area contributed by atoms with E-state index in [1.807, 2.05) is 24.3 Å². The van der Waals surface area contributed by atoms with Gasteiger partial charge in [0.15, 0.2) is 0 Å². The van der Waals surface area contributed by atoms with Crippen molar-refractivity contribution in [3.8, 4) is 0 Å². The van der Waals surface area contributed by atoms with Crippen LogP contribution >= 0.6 is 22.6 Å². The van der Waals surface area contributed by atoms with Gasteiger partial charge in [-0.25, -0.2) is 0 Å². The normalized spacial score (nSPS) is 13.0. The van der Waals surface area contributed by atoms with Crippen LogP contribution in [0.1, 0.15) is 22.3 Å². The van der Waals surface area contributed by atoms with Crippen molar-refractivity contribution < 1.29 is 4.79 Å².